The predicted octanol–water partition coefficient (Wildman–Crippen LogP) is 2.51. The summed E-state index contributed by atoms with van der Waals surface area (Å²) in [5.74, 6) is -0.265. The molecule has 0 aromatic carbocycles. The first-order valence-electron chi connectivity index (χ1n) is 6.14. The van der Waals surface area contributed by atoms with Gasteiger partial charge in [-0.25, -0.2) is 4.79 Å². The van der Waals surface area contributed by atoms with Gasteiger partial charge in [-0.1, -0.05) is 6.07 Å². The van der Waals surface area contributed by atoms with Crippen LogP contribution in [0.4, 0.5) is 0 Å². The summed E-state index contributed by atoms with van der Waals surface area (Å²) in [6.45, 7) is 3.68. The monoisotopic (exact) mass is 293 g/mol. The second kappa shape index (κ2) is 6.38. The van der Waals surface area contributed by atoms with Crippen LogP contribution < -0.4 is 5.32 Å². The molecule has 2 aromatic rings. The number of rotatable bonds is 5. The Bertz CT molecular complexity index is 588. The van der Waals surface area contributed by atoms with Gasteiger partial charge in [0.1, 0.15) is 5.76 Å². The van der Waals surface area contributed by atoms with Gasteiger partial charge in [0.15, 0.2) is 6.10 Å². The third kappa shape index (κ3) is 3.71. The van der Waals surface area contributed by atoms with Gasteiger partial charge in [-0.2, -0.15) is 0 Å². The normalized spacial score (nSPS) is 11.9. The lowest BCUT2D eigenvalue weighted by Crippen LogP contribution is -2.35. The van der Waals surface area contributed by atoms with Crippen LogP contribution >= 0.6 is 11.3 Å². The highest BCUT2D eigenvalue weighted by Crippen LogP contribution is 2.10. The predicted molar refractivity (Wildman–Crippen MR) is 74.5 cm³/mol. The minimum Gasteiger partial charge on any atom is -0.454 e. The Hall–Kier alpha value is -2.08. The van der Waals surface area contributed by atoms with Gasteiger partial charge in [0, 0.05) is 4.88 Å². The van der Waals surface area contributed by atoms with Crippen molar-refractivity contribution < 1.29 is 18.7 Å². The molecule has 0 saturated heterocycles. The molecule has 106 valence electrons. The van der Waals surface area contributed by atoms with E-state index in [9.17, 15) is 9.59 Å². The van der Waals surface area contributed by atoms with Gasteiger partial charge in [0.2, 0.25) is 5.76 Å². The molecular formula is C14H15NO4S. The highest BCUT2D eigenvalue weighted by molar-refractivity contribution is 7.09. The highest BCUT2D eigenvalue weighted by atomic mass is 32.1. The molecule has 1 atom stereocenters. The van der Waals surface area contributed by atoms with Crippen molar-refractivity contribution in [2.75, 3.05) is 0 Å². The maximum absolute atomic E-state index is 11.8. The summed E-state index contributed by atoms with van der Waals surface area (Å²) in [5.41, 5.74) is 0. The molecule has 0 bridgehead atoms. The molecule has 0 radical (unpaired) electrons. The second-order valence-corrected chi connectivity index (χ2v) is 5.29. The SMILES string of the molecule is Cc1ccc(C(=O)OC(C)C(=O)NCc2cccs2)o1. The number of esters is 1. The molecule has 2 heterocycles. The van der Waals surface area contributed by atoms with Gasteiger partial charge < -0.3 is 14.5 Å². The number of furan rings is 1. The smallest absolute Gasteiger partial charge is 0.375 e. The molecule has 1 unspecified atom stereocenters. The van der Waals surface area contributed by atoms with E-state index in [1.165, 1.54) is 13.0 Å². The Balaban J connectivity index is 1.83. The van der Waals surface area contributed by atoms with Gasteiger partial charge in [-0.05, 0) is 37.4 Å². The number of hydrogen-bond acceptors (Lipinski definition) is 5. The van der Waals surface area contributed by atoms with Crippen molar-refractivity contribution in [2.45, 2.75) is 26.5 Å². The van der Waals surface area contributed by atoms with Crippen LogP contribution in [0.2, 0.25) is 0 Å². The lowest BCUT2D eigenvalue weighted by Gasteiger charge is -2.12. The third-order valence-electron chi connectivity index (χ3n) is 2.61. The lowest BCUT2D eigenvalue weighted by atomic mass is 10.3. The quantitative estimate of drug-likeness (QED) is 0.860. The molecular weight excluding hydrogens is 278 g/mol. The van der Waals surface area contributed by atoms with E-state index in [1.54, 1.807) is 24.3 Å². The van der Waals surface area contributed by atoms with Crippen molar-refractivity contribution >= 4 is 23.2 Å². The summed E-state index contributed by atoms with van der Waals surface area (Å²) < 4.78 is 10.2. The molecule has 0 aliphatic carbocycles. The van der Waals surface area contributed by atoms with Gasteiger partial charge in [-0.15, -0.1) is 11.3 Å². The van der Waals surface area contributed by atoms with E-state index in [4.69, 9.17) is 9.15 Å². The summed E-state index contributed by atoms with van der Waals surface area (Å²) in [7, 11) is 0. The van der Waals surface area contributed by atoms with Crippen molar-refractivity contribution in [2.24, 2.45) is 0 Å². The van der Waals surface area contributed by atoms with E-state index in [1.807, 2.05) is 17.5 Å². The number of thiophene rings is 1. The average molecular weight is 293 g/mol. The second-order valence-electron chi connectivity index (χ2n) is 4.26. The zero-order chi connectivity index (χ0) is 14.5. The molecule has 0 saturated carbocycles. The first kappa shape index (κ1) is 14.3. The fourth-order valence-electron chi connectivity index (χ4n) is 1.55. The molecule has 0 aliphatic heterocycles. The molecule has 0 fully saturated rings. The third-order valence-corrected chi connectivity index (χ3v) is 3.49. The minimum atomic E-state index is -0.868. The highest BCUT2D eigenvalue weighted by Gasteiger charge is 2.20. The first-order valence-corrected chi connectivity index (χ1v) is 7.01. The number of nitrogens with one attached hydrogen (secondary N) is 1. The fraction of sp³-hybridized carbons (Fsp3) is 0.286. The largest absolute Gasteiger partial charge is 0.454 e. The van der Waals surface area contributed by atoms with Crippen LogP contribution in [0.25, 0.3) is 0 Å². The molecule has 5 nitrogen and oxygen atoms in total. The van der Waals surface area contributed by atoms with Crippen molar-refractivity contribution in [1.82, 2.24) is 5.32 Å². The zero-order valence-electron chi connectivity index (χ0n) is 11.2. The van der Waals surface area contributed by atoms with Crippen LogP contribution in [0, 0.1) is 6.92 Å². The van der Waals surface area contributed by atoms with E-state index in [0.29, 0.717) is 12.3 Å². The summed E-state index contributed by atoms with van der Waals surface area (Å²) in [5, 5.41) is 4.65. The topological polar surface area (TPSA) is 68.5 Å². The number of carbonyl (C=O) groups excluding carboxylic acids is 2. The molecule has 0 aliphatic rings. The molecule has 1 amide bonds. The number of amides is 1. The van der Waals surface area contributed by atoms with E-state index >= 15 is 0 Å². The molecule has 1 N–H and O–H groups in total. The van der Waals surface area contributed by atoms with Gasteiger partial charge in [-0.3, -0.25) is 4.79 Å². The van der Waals surface area contributed by atoms with E-state index in [0.717, 1.165) is 4.88 Å². The van der Waals surface area contributed by atoms with Crippen LogP contribution in [-0.4, -0.2) is 18.0 Å². The Labute approximate surface area is 120 Å². The standard InChI is InChI=1S/C14H15NO4S/c1-9-5-6-12(18-9)14(17)19-10(2)13(16)15-8-11-4-3-7-20-11/h3-7,10H,8H2,1-2H3,(H,15,16). The molecule has 6 heteroatoms. The van der Waals surface area contributed by atoms with Crippen molar-refractivity contribution in [3.8, 4) is 0 Å². The van der Waals surface area contributed by atoms with E-state index in [-0.39, 0.29) is 11.7 Å². The van der Waals surface area contributed by atoms with Crippen LogP contribution in [0.15, 0.2) is 34.1 Å². The Morgan fingerprint density at radius 1 is 1.40 bits per heavy atom. The Morgan fingerprint density at radius 2 is 2.20 bits per heavy atom. The van der Waals surface area contributed by atoms with Crippen molar-refractivity contribution in [3.63, 3.8) is 0 Å². The van der Waals surface area contributed by atoms with Gasteiger partial charge in [0.25, 0.3) is 5.91 Å². The van der Waals surface area contributed by atoms with Crippen molar-refractivity contribution in [3.05, 3.63) is 46.0 Å². The molecule has 2 aromatic heterocycles. The van der Waals surface area contributed by atoms with E-state index in [2.05, 4.69) is 5.32 Å². The maximum atomic E-state index is 11.8. The van der Waals surface area contributed by atoms with Gasteiger partial charge >= 0.3 is 5.97 Å². The lowest BCUT2D eigenvalue weighted by molar-refractivity contribution is -0.129. The van der Waals surface area contributed by atoms with Gasteiger partial charge in [0.05, 0.1) is 6.54 Å². The minimum absolute atomic E-state index is 0.0976. The Kier molecular flexibility index (Phi) is 4.57. The molecule has 20 heavy (non-hydrogen) atoms. The zero-order valence-corrected chi connectivity index (χ0v) is 12.0. The fourth-order valence-corrected chi connectivity index (χ4v) is 2.19. The van der Waals surface area contributed by atoms with Crippen LogP contribution in [0.5, 0.6) is 0 Å². The average Bonchev–Trinajstić information content (AvgIpc) is 3.06. The van der Waals surface area contributed by atoms with E-state index < -0.39 is 12.1 Å². The summed E-state index contributed by atoms with van der Waals surface area (Å²) in [6, 6.07) is 7.02. The summed E-state index contributed by atoms with van der Waals surface area (Å²) in [6.07, 6.45) is -0.868. The number of ether oxygens (including phenoxy) is 1. The maximum Gasteiger partial charge on any atom is 0.375 e. The Morgan fingerprint density at radius 3 is 2.80 bits per heavy atom. The first-order chi connectivity index (χ1) is 9.56. The number of carbonyl (C=O) groups is 2. The van der Waals surface area contributed by atoms with Crippen LogP contribution in [0.1, 0.15) is 28.1 Å². The molecule has 0 spiro atoms. The molecule has 2 rings (SSSR count). The van der Waals surface area contributed by atoms with Crippen LogP contribution in [0.3, 0.4) is 0 Å². The summed E-state index contributed by atoms with van der Waals surface area (Å²) >= 11 is 1.55. The van der Waals surface area contributed by atoms with Crippen molar-refractivity contribution in [1.29, 1.82) is 0 Å². The van der Waals surface area contributed by atoms with Crippen LogP contribution in [-0.2, 0) is 16.1 Å². The number of hydrogen-bond donors (Lipinski definition) is 1. The number of aryl methyl sites for hydroxylation is 1. The summed E-state index contributed by atoms with van der Waals surface area (Å²) in [4.78, 5) is 24.5.